The lowest BCUT2D eigenvalue weighted by molar-refractivity contribution is -0.130. The van der Waals surface area contributed by atoms with E-state index in [-0.39, 0.29) is 17.7 Å². The second kappa shape index (κ2) is 7.29. The van der Waals surface area contributed by atoms with Gasteiger partial charge in [-0.3, -0.25) is 9.52 Å². The van der Waals surface area contributed by atoms with Crippen LogP contribution in [0.3, 0.4) is 0 Å². The van der Waals surface area contributed by atoms with Crippen molar-refractivity contribution in [2.24, 2.45) is 5.10 Å². The SMILES string of the molecule is CCS(=O)(=O)Nc1ccc(C2=NN(C(C)=O)[C@@H](c3ccccc3)C2)cc1. The molecule has 1 aliphatic rings. The molecule has 0 aromatic heterocycles. The number of sulfonamides is 1. The highest BCUT2D eigenvalue weighted by atomic mass is 32.2. The average Bonchev–Trinajstić information content (AvgIpc) is 3.08. The number of benzene rings is 2. The van der Waals surface area contributed by atoms with Crippen molar-refractivity contribution < 1.29 is 13.2 Å². The van der Waals surface area contributed by atoms with Gasteiger partial charge in [0.15, 0.2) is 0 Å². The predicted octanol–water partition coefficient (Wildman–Crippen LogP) is 3.15. The van der Waals surface area contributed by atoms with Crippen molar-refractivity contribution in [1.29, 1.82) is 0 Å². The Morgan fingerprint density at radius 2 is 1.81 bits per heavy atom. The van der Waals surface area contributed by atoms with Gasteiger partial charge in [0.05, 0.1) is 17.5 Å². The molecule has 0 unspecified atom stereocenters. The minimum Gasteiger partial charge on any atom is -0.284 e. The third kappa shape index (κ3) is 3.94. The number of hydrogen-bond donors (Lipinski definition) is 1. The first kappa shape index (κ1) is 18.1. The van der Waals surface area contributed by atoms with E-state index < -0.39 is 10.0 Å². The van der Waals surface area contributed by atoms with Crippen molar-refractivity contribution in [3.63, 3.8) is 0 Å². The Morgan fingerprint density at radius 1 is 1.15 bits per heavy atom. The van der Waals surface area contributed by atoms with Gasteiger partial charge < -0.3 is 0 Å². The smallest absolute Gasteiger partial charge is 0.240 e. The normalized spacial score (nSPS) is 17.1. The number of nitrogens with zero attached hydrogens (tertiary/aromatic N) is 2. The predicted molar refractivity (Wildman–Crippen MR) is 102 cm³/mol. The molecular formula is C19H21N3O3S. The fourth-order valence-electron chi connectivity index (χ4n) is 2.89. The first-order chi connectivity index (χ1) is 12.4. The van der Waals surface area contributed by atoms with E-state index in [1.807, 2.05) is 42.5 Å². The molecule has 0 saturated heterocycles. The lowest BCUT2D eigenvalue weighted by atomic mass is 9.98. The highest BCUT2D eigenvalue weighted by molar-refractivity contribution is 7.92. The maximum Gasteiger partial charge on any atom is 0.240 e. The summed E-state index contributed by atoms with van der Waals surface area (Å²) < 4.78 is 25.8. The molecule has 0 saturated carbocycles. The van der Waals surface area contributed by atoms with Gasteiger partial charge in [-0.05, 0) is 30.2 Å². The Kier molecular flexibility index (Phi) is 5.08. The highest BCUT2D eigenvalue weighted by Crippen LogP contribution is 2.32. The molecule has 0 fully saturated rings. The van der Waals surface area contributed by atoms with Crippen LogP contribution in [0.25, 0.3) is 0 Å². The minimum absolute atomic E-state index is 0.0216. The molecule has 7 heteroatoms. The van der Waals surface area contributed by atoms with Gasteiger partial charge in [-0.2, -0.15) is 5.10 Å². The van der Waals surface area contributed by atoms with Crippen molar-refractivity contribution in [2.45, 2.75) is 26.3 Å². The van der Waals surface area contributed by atoms with Gasteiger partial charge in [0, 0.05) is 19.0 Å². The molecule has 0 spiro atoms. The summed E-state index contributed by atoms with van der Waals surface area (Å²) in [4.78, 5) is 12.0. The zero-order valence-electron chi connectivity index (χ0n) is 14.7. The molecule has 26 heavy (non-hydrogen) atoms. The molecule has 6 nitrogen and oxygen atoms in total. The number of hydrogen-bond acceptors (Lipinski definition) is 4. The van der Waals surface area contributed by atoms with Gasteiger partial charge in [0.2, 0.25) is 15.9 Å². The van der Waals surface area contributed by atoms with Crippen LogP contribution >= 0.6 is 0 Å². The Morgan fingerprint density at radius 3 is 2.38 bits per heavy atom. The van der Waals surface area contributed by atoms with Gasteiger partial charge in [-0.15, -0.1) is 0 Å². The number of amides is 1. The van der Waals surface area contributed by atoms with Crippen molar-refractivity contribution in [3.8, 4) is 0 Å². The van der Waals surface area contributed by atoms with Gasteiger partial charge in [0.25, 0.3) is 0 Å². The molecule has 0 radical (unpaired) electrons. The van der Waals surface area contributed by atoms with Gasteiger partial charge in [0.1, 0.15) is 0 Å². The number of anilines is 1. The lowest BCUT2D eigenvalue weighted by Crippen LogP contribution is -2.24. The number of carbonyl (C=O) groups excluding carboxylic acids is 1. The quantitative estimate of drug-likeness (QED) is 0.877. The monoisotopic (exact) mass is 371 g/mol. The minimum atomic E-state index is -3.30. The second-order valence-electron chi connectivity index (χ2n) is 6.12. The summed E-state index contributed by atoms with van der Waals surface area (Å²) in [5.74, 6) is -0.0884. The summed E-state index contributed by atoms with van der Waals surface area (Å²) in [6.07, 6.45) is 0.615. The molecule has 1 aliphatic heterocycles. The second-order valence-corrected chi connectivity index (χ2v) is 8.13. The number of hydrazone groups is 1. The van der Waals surface area contributed by atoms with Crippen molar-refractivity contribution in [3.05, 3.63) is 65.7 Å². The fraction of sp³-hybridized carbons (Fsp3) is 0.263. The molecule has 136 valence electrons. The van der Waals surface area contributed by atoms with Crippen LogP contribution in [0.2, 0.25) is 0 Å². The molecule has 2 aromatic rings. The molecule has 1 N–H and O–H groups in total. The Hall–Kier alpha value is -2.67. The van der Waals surface area contributed by atoms with E-state index in [1.165, 1.54) is 11.9 Å². The van der Waals surface area contributed by atoms with Crippen LogP contribution in [-0.4, -0.2) is 30.8 Å². The van der Waals surface area contributed by atoms with Gasteiger partial charge in [-0.25, -0.2) is 13.4 Å². The zero-order valence-corrected chi connectivity index (χ0v) is 15.5. The van der Waals surface area contributed by atoms with E-state index in [4.69, 9.17) is 0 Å². The summed E-state index contributed by atoms with van der Waals surface area (Å²) in [5.41, 5.74) is 3.22. The molecule has 1 amide bonds. The summed E-state index contributed by atoms with van der Waals surface area (Å²) in [6.45, 7) is 3.09. The summed E-state index contributed by atoms with van der Waals surface area (Å²) in [5, 5.41) is 6.01. The van der Waals surface area contributed by atoms with Crippen LogP contribution in [-0.2, 0) is 14.8 Å². The first-order valence-electron chi connectivity index (χ1n) is 8.43. The van der Waals surface area contributed by atoms with E-state index in [1.54, 1.807) is 19.1 Å². The largest absolute Gasteiger partial charge is 0.284 e. The van der Waals surface area contributed by atoms with Crippen LogP contribution in [0.15, 0.2) is 59.7 Å². The maximum absolute atomic E-state index is 12.0. The van der Waals surface area contributed by atoms with Crippen molar-refractivity contribution in [2.75, 3.05) is 10.5 Å². The Bertz CT molecular complexity index is 922. The fourth-order valence-corrected chi connectivity index (χ4v) is 3.53. The molecule has 0 bridgehead atoms. The summed E-state index contributed by atoms with van der Waals surface area (Å²) in [6, 6.07) is 16.7. The highest BCUT2D eigenvalue weighted by Gasteiger charge is 2.31. The number of nitrogens with one attached hydrogen (secondary N) is 1. The van der Waals surface area contributed by atoms with E-state index in [0.29, 0.717) is 12.1 Å². The molecule has 1 atom stereocenters. The standard InChI is InChI=1S/C19H21N3O3S/c1-3-26(24,25)21-17-11-9-15(10-12-17)18-13-19(22(20-18)14(2)23)16-7-5-4-6-8-16/h4-12,19,21H,3,13H2,1-2H3/t19-/m1/s1. The first-order valence-corrected chi connectivity index (χ1v) is 10.1. The zero-order chi connectivity index (χ0) is 18.7. The number of rotatable bonds is 5. The summed E-state index contributed by atoms with van der Waals surface area (Å²) in [7, 11) is -3.30. The van der Waals surface area contributed by atoms with E-state index in [2.05, 4.69) is 9.82 Å². The van der Waals surface area contributed by atoms with Crippen LogP contribution in [0, 0.1) is 0 Å². The lowest BCUT2D eigenvalue weighted by Gasteiger charge is -2.20. The van der Waals surface area contributed by atoms with Crippen LogP contribution < -0.4 is 4.72 Å². The Balaban J connectivity index is 1.83. The molecule has 1 heterocycles. The van der Waals surface area contributed by atoms with E-state index in [9.17, 15) is 13.2 Å². The van der Waals surface area contributed by atoms with Gasteiger partial charge in [-0.1, -0.05) is 42.5 Å². The topological polar surface area (TPSA) is 78.8 Å². The number of carbonyl (C=O) groups is 1. The van der Waals surface area contributed by atoms with Crippen molar-refractivity contribution in [1.82, 2.24) is 5.01 Å². The molecule has 2 aromatic carbocycles. The van der Waals surface area contributed by atoms with E-state index in [0.717, 1.165) is 16.8 Å². The van der Waals surface area contributed by atoms with Crippen molar-refractivity contribution >= 4 is 27.3 Å². The van der Waals surface area contributed by atoms with Gasteiger partial charge >= 0.3 is 0 Å². The van der Waals surface area contributed by atoms with Crippen LogP contribution in [0.1, 0.15) is 37.4 Å². The van der Waals surface area contributed by atoms with Crippen LogP contribution in [0.5, 0.6) is 0 Å². The molecule has 0 aliphatic carbocycles. The van der Waals surface area contributed by atoms with Crippen LogP contribution in [0.4, 0.5) is 5.69 Å². The van der Waals surface area contributed by atoms with E-state index >= 15 is 0 Å². The summed E-state index contributed by atoms with van der Waals surface area (Å²) >= 11 is 0. The average molecular weight is 371 g/mol. The maximum atomic E-state index is 12.0. The third-order valence-corrected chi connectivity index (χ3v) is 5.60. The Labute approximate surface area is 153 Å². The third-order valence-electron chi connectivity index (χ3n) is 4.29. The molecule has 3 rings (SSSR count). The molecular weight excluding hydrogens is 350 g/mol.